The molecule has 0 radical (unpaired) electrons. The van der Waals surface area contributed by atoms with Crippen LogP contribution in [0.5, 0.6) is 0 Å². The van der Waals surface area contributed by atoms with Gasteiger partial charge in [0.15, 0.2) is 17.3 Å². The van der Waals surface area contributed by atoms with Crippen LogP contribution in [0.15, 0.2) is 6.58 Å². The zero-order chi connectivity index (χ0) is 16.8. The second kappa shape index (κ2) is 8.14. The molecule has 7 heteroatoms. The second-order valence-corrected chi connectivity index (χ2v) is 11.7. The summed E-state index contributed by atoms with van der Waals surface area (Å²) in [5, 5.41) is 0. The van der Waals surface area contributed by atoms with E-state index in [1.165, 1.54) is 7.11 Å². The minimum absolute atomic E-state index is 0.214. The summed E-state index contributed by atoms with van der Waals surface area (Å²) < 4.78 is 15.7. The highest BCUT2D eigenvalue weighted by molar-refractivity contribution is 6.76. The Morgan fingerprint density at radius 2 is 2.05 bits per heavy atom. The number of imidazole rings is 1. The summed E-state index contributed by atoms with van der Waals surface area (Å²) in [4.78, 5) is 19.0. The standard InChI is InChI=1S/C15H26N2O4Si/c1-7-21-11(2)14-16-12(13(17-14)15(18)19-3)10-20-8-9-22(4,5)6/h2,7-10H2,1,3-6H3,(H,16,17). The minimum atomic E-state index is -1.14. The molecule has 0 aliphatic heterocycles. The summed E-state index contributed by atoms with van der Waals surface area (Å²) in [6, 6.07) is 1.06. The fourth-order valence-corrected chi connectivity index (χ4v) is 2.46. The Hall–Kier alpha value is -1.60. The van der Waals surface area contributed by atoms with Crippen molar-refractivity contribution >= 4 is 19.8 Å². The second-order valence-electron chi connectivity index (χ2n) is 6.12. The molecule has 0 aliphatic carbocycles. The molecule has 0 aromatic carbocycles. The van der Waals surface area contributed by atoms with Crippen molar-refractivity contribution in [2.75, 3.05) is 20.3 Å². The number of carbonyl (C=O) groups is 1. The Kier molecular flexibility index (Phi) is 6.83. The van der Waals surface area contributed by atoms with Crippen molar-refractivity contribution in [3.63, 3.8) is 0 Å². The van der Waals surface area contributed by atoms with Crippen molar-refractivity contribution in [1.29, 1.82) is 0 Å². The first kappa shape index (κ1) is 18.4. The molecule has 0 spiro atoms. The number of aromatic nitrogens is 2. The van der Waals surface area contributed by atoms with Gasteiger partial charge in [-0.3, -0.25) is 0 Å². The van der Waals surface area contributed by atoms with Crippen molar-refractivity contribution in [1.82, 2.24) is 9.97 Å². The van der Waals surface area contributed by atoms with E-state index in [9.17, 15) is 4.79 Å². The van der Waals surface area contributed by atoms with Gasteiger partial charge in [0.2, 0.25) is 0 Å². The topological polar surface area (TPSA) is 73.4 Å². The summed E-state index contributed by atoms with van der Waals surface area (Å²) in [5.41, 5.74) is 0.796. The van der Waals surface area contributed by atoms with E-state index >= 15 is 0 Å². The molecule has 6 nitrogen and oxygen atoms in total. The molecule has 0 amide bonds. The molecule has 0 aliphatic rings. The number of H-pyrrole nitrogens is 1. The molecule has 1 aromatic heterocycles. The number of hydrogen-bond acceptors (Lipinski definition) is 5. The van der Waals surface area contributed by atoms with E-state index in [1.807, 2.05) is 6.92 Å². The Morgan fingerprint density at radius 3 is 2.59 bits per heavy atom. The molecule has 124 valence electrons. The summed E-state index contributed by atoms with van der Waals surface area (Å²) in [6.07, 6.45) is 0. The Labute approximate surface area is 132 Å². The number of carbonyl (C=O) groups excluding carboxylic acids is 1. The number of aromatic amines is 1. The van der Waals surface area contributed by atoms with Gasteiger partial charge in [-0.15, -0.1) is 0 Å². The number of methoxy groups -OCH3 is 1. The molecule has 0 atom stereocenters. The van der Waals surface area contributed by atoms with Crippen molar-refractivity contribution in [3.8, 4) is 0 Å². The highest BCUT2D eigenvalue weighted by Crippen LogP contribution is 2.16. The molecule has 22 heavy (non-hydrogen) atoms. The molecule has 1 heterocycles. The lowest BCUT2D eigenvalue weighted by Gasteiger charge is -2.15. The summed E-state index contributed by atoms with van der Waals surface area (Å²) >= 11 is 0. The molecular weight excluding hydrogens is 300 g/mol. The zero-order valence-electron chi connectivity index (χ0n) is 14.1. The number of rotatable bonds is 9. The monoisotopic (exact) mass is 326 g/mol. The van der Waals surface area contributed by atoms with Crippen molar-refractivity contribution in [2.24, 2.45) is 0 Å². The van der Waals surface area contributed by atoms with E-state index in [0.717, 1.165) is 6.04 Å². The number of nitrogens with zero attached hydrogens (tertiary/aromatic N) is 1. The van der Waals surface area contributed by atoms with Gasteiger partial charge in [0, 0.05) is 14.7 Å². The summed E-state index contributed by atoms with van der Waals surface area (Å²) in [5.74, 6) is 0.308. The number of hydrogen-bond donors (Lipinski definition) is 1. The van der Waals surface area contributed by atoms with E-state index < -0.39 is 14.0 Å². The van der Waals surface area contributed by atoms with Gasteiger partial charge in [-0.25, -0.2) is 9.78 Å². The van der Waals surface area contributed by atoms with Crippen LogP contribution in [0.4, 0.5) is 0 Å². The smallest absolute Gasteiger partial charge is 0.358 e. The maximum Gasteiger partial charge on any atom is 0.358 e. The molecule has 1 aromatic rings. The van der Waals surface area contributed by atoms with Gasteiger partial charge in [0.05, 0.1) is 26.0 Å². The number of ether oxygens (including phenoxy) is 3. The lowest BCUT2D eigenvalue weighted by Crippen LogP contribution is -2.21. The van der Waals surface area contributed by atoms with Gasteiger partial charge in [-0.2, -0.15) is 0 Å². The van der Waals surface area contributed by atoms with Crippen LogP contribution in [-0.4, -0.2) is 44.3 Å². The SMILES string of the molecule is C=C(OCC)c1nc(C(=O)OC)c(COCC[Si](C)(C)C)[nH]1. The van der Waals surface area contributed by atoms with Crippen molar-refractivity contribution in [2.45, 2.75) is 39.2 Å². The molecule has 0 unspecified atom stereocenters. The highest BCUT2D eigenvalue weighted by Gasteiger charge is 2.20. The van der Waals surface area contributed by atoms with E-state index in [4.69, 9.17) is 14.2 Å². The average Bonchev–Trinajstić information content (AvgIpc) is 2.86. The molecular formula is C15H26N2O4Si. The third-order valence-electron chi connectivity index (χ3n) is 2.98. The zero-order valence-corrected chi connectivity index (χ0v) is 15.1. The molecule has 0 saturated heterocycles. The Balaban J connectivity index is 2.78. The van der Waals surface area contributed by atoms with E-state index in [-0.39, 0.29) is 12.3 Å². The van der Waals surface area contributed by atoms with Crippen LogP contribution in [0.3, 0.4) is 0 Å². The number of esters is 1. The quantitative estimate of drug-likeness (QED) is 0.327. The van der Waals surface area contributed by atoms with Gasteiger partial charge in [0.25, 0.3) is 0 Å². The van der Waals surface area contributed by atoms with Gasteiger partial charge in [-0.05, 0) is 13.0 Å². The van der Waals surface area contributed by atoms with Gasteiger partial charge < -0.3 is 19.2 Å². The van der Waals surface area contributed by atoms with Crippen LogP contribution in [0.1, 0.15) is 28.9 Å². The van der Waals surface area contributed by atoms with Crippen LogP contribution in [0, 0.1) is 0 Å². The number of nitrogens with one attached hydrogen (secondary N) is 1. The highest BCUT2D eigenvalue weighted by atomic mass is 28.3. The minimum Gasteiger partial charge on any atom is -0.491 e. The first-order chi connectivity index (χ1) is 10.3. The average molecular weight is 326 g/mol. The maximum absolute atomic E-state index is 11.8. The first-order valence-corrected chi connectivity index (χ1v) is 11.1. The van der Waals surface area contributed by atoms with Crippen molar-refractivity contribution < 1.29 is 19.0 Å². The van der Waals surface area contributed by atoms with Gasteiger partial charge in [0.1, 0.15) is 0 Å². The third-order valence-corrected chi connectivity index (χ3v) is 4.69. The van der Waals surface area contributed by atoms with Crippen LogP contribution in [0.2, 0.25) is 25.7 Å². The predicted molar refractivity (Wildman–Crippen MR) is 88.4 cm³/mol. The lowest BCUT2D eigenvalue weighted by molar-refractivity contribution is 0.0586. The predicted octanol–water partition coefficient (Wildman–Crippen LogP) is 3.06. The van der Waals surface area contributed by atoms with Gasteiger partial charge >= 0.3 is 5.97 Å². The Morgan fingerprint density at radius 1 is 1.36 bits per heavy atom. The largest absolute Gasteiger partial charge is 0.491 e. The van der Waals surface area contributed by atoms with Crippen LogP contribution in [0.25, 0.3) is 5.76 Å². The maximum atomic E-state index is 11.8. The molecule has 0 fully saturated rings. The van der Waals surface area contributed by atoms with Crippen LogP contribution >= 0.6 is 0 Å². The normalized spacial score (nSPS) is 11.3. The fourth-order valence-electron chi connectivity index (χ4n) is 1.71. The summed E-state index contributed by atoms with van der Waals surface area (Å²) in [6.45, 7) is 13.9. The van der Waals surface area contributed by atoms with Crippen LogP contribution in [-0.2, 0) is 20.8 Å². The molecule has 0 bridgehead atoms. The first-order valence-electron chi connectivity index (χ1n) is 7.35. The molecule has 0 saturated carbocycles. The van der Waals surface area contributed by atoms with Crippen molar-refractivity contribution in [3.05, 3.63) is 23.8 Å². The third kappa shape index (κ3) is 5.65. The Bertz CT molecular complexity index is 520. The van der Waals surface area contributed by atoms with E-state index in [0.29, 0.717) is 30.5 Å². The van der Waals surface area contributed by atoms with Crippen LogP contribution < -0.4 is 0 Å². The van der Waals surface area contributed by atoms with E-state index in [1.54, 1.807) is 0 Å². The van der Waals surface area contributed by atoms with Gasteiger partial charge in [-0.1, -0.05) is 26.2 Å². The lowest BCUT2D eigenvalue weighted by atomic mass is 10.3. The molecule has 1 rings (SSSR count). The summed E-state index contributed by atoms with van der Waals surface area (Å²) in [7, 11) is 0.186. The van der Waals surface area contributed by atoms with E-state index in [2.05, 4.69) is 36.2 Å². The molecule has 1 N–H and O–H groups in total. The fraction of sp³-hybridized carbons (Fsp3) is 0.600.